The highest BCUT2D eigenvalue weighted by Gasteiger charge is 2.18. The molecule has 0 aliphatic carbocycles. The van der Waals surface area contributed by atoms with E-state index in [2.05, 4.69) is 152 Å². The lowest BCUT2D eigenvalue weighted by Crippen LogP contribution is -2.01. The lowest BCUT2D eigenvalue weighted by Gasteiger charge is -2.14. The monoisotopic (exact) mass is 663 g/mol. The summed E-state index contributed by atoms with van der Waals surface area (Å²) >= 11 is 0. The first-order chi connectivity index (χ1) is 25.7. The van der Waals surface area contributed by atoms with Crippen LogP contribution in [-0.2, 0) is 0 Å². The van der Waals surface area contributed by atoms with Crippen molar-refractivity contribution in [3.63, 3.8) is 0 Å². The molecule has 0 radical (unpaired) electrons. The molecule has 52 heavy (non-hydrogen) atoms. The van der Waals surface area contributed by atoms with E-state index >= 15 is 0 Å². The van der Waals surface area contributed by atoms with E-state index in [1.807, 2.05) is 24.5 Å². The van der Waals surface area contributed by atoms with E-state index in [1.54, 1.807) is 0 Å². The molecule has 0 aliphatic heterocycles. The second-order valence-corrected chi connectivity index (χ2v) is 13.0. The summed E-state index contributed by atoms with van der Waals surface area (Å²) in [6, 6.07) is 56.7. The molecule has 0 N–H and O–H groups in total. The Bertz CT molecular complexity index is 2780. The van der Waals surface area contributed by atoms with Crippen LogP contribution in [-0.4, -0.2) is 24.9 Å². The minimum absolute atomic E-state index is 0.574. The summed E-state index contributed by atoms with van der Waals surface area (Å²) in [6.07, 6.45) is 3.75. The van der Waals surface area contributed by atoms with Crippen LogP contribution in [0.4, 0.5) is 0 Å². The minimum Gasteiger partial charge on any atom is -0.256 e. The normalized spacial score (nSPS) is 11.5. The Labute approximate surface area is 300 Å². The highest BCUT2D eigenvalue weighted by Crippen LogP contribution is 2.37. The second-order valence-electron chi connectivity index (χ2n) is 13.0. The Morgan fingerprint density at radius 2 is 0.654 bits per heavy atom. The Morgan fingerprint density at radius 3 is 1.13 bits per heavy atom. The van der Waals surface area contributed by atoms with Crippen molar-refractivity contribution in [2.75, 3.05) is 0 Å². The molecular weight excluding hydrogens is 635 g/mol. The van der Waals surface area contributed by atoms with E-state index in [0.29, 0.717) is 17.5 Å². The van der Waals surface area contributed by atoms with Crippen molar-refractivity contribution in [2.45, 2.75) is 0 Å². The van der Waals surface area contributed by atoms with E-state index in [4.69, 9.17) is 24.9 Å². The summed E-state index contributed by atoms with van der Waals surface area (Å²) in [5.41, 5.74) is 6.39. The number of hydrogen-bond donors (Lipinski definition) is 0. The van der Waals surface area contributed by atoms with E-state index in [1.165, 1.54) is 0 Å². The molecule has 0 atom stereocenters. The van der Waals surface area contributed by atoms with Gasteiger partial charge in [-0.2, -0.15) is 0 Å². The van der Waals surface area contributed by atoms with Gasteiger partial charge >= 0.3 is 0 Å². The molecule has 0 spiro atoms. The molecule has 242 valence electrons. The van der Waals surface area contributed by atoms with Crippen molar-refractivity contribution in [2.24, 2.45) is 0 Å². The number of aromatic nitrogens is 5. The number of fused-ring (bicyclic) bond motifs is 4. The maximum atomic E-state index is 5.20. The van der Waals surface area contributed by atoms with Crippen LogP contribution in [0.3, 0.4) is 0 Å². The molecule has 0 fully saturated rings. The molecule has 3 aromatic heterocycles. The molecule has 0 amide bonds. The summed E-state index contributed by atoms with van der Waals surface area (Å²) in [5.74, 6) is 1.79. The van der Waals surface area contributed by atoms with Crippen LogP contribution in [0.25, 0.3) is 99.8 Å². The van der Waals surface area contributed by atoms with E-state index in [-0.39, 0.29) is 0 Å². The van der Waals surface area contributed by atoms with Crippen LogP contribution < -0.4 is 0 Å². The zero-order valence-electron chi connectivity index (χ0n) is 28.0. The third-order valence-corrected chi connectivity index (χ3v) is 9.74. The summed E-state index contributed by atoms with van der Waals surface area (Å²) in [6.45, 7) is 0. The van der Waals surface area contributed by atoms with Crippen LogP contribution in [0.5, 0.6) is 0 Å². The standard InChI is InChI=1S/C47H29N5/c1-3-13-34-25-36(19-17-30(34)9-1)45-50-46(37-20-18-31-10-2-4-14-35(31)26-37)52-47(51-45)40-28-38(43-41-15-7-5-11-32(41)21-23-48-43)27-39(29-40)44-42-16-8-6-12-33(42)22-24-49-44/h1-29H. The van der Waals surface area contributed by atoms with Crippen molar-refractivity contribution in [3.8, 4) is 56.7 Å². The zero-order valence-corrected chi connectivity index (χ0v) is 28.0. The van der Waals surface area contributed by atoms with Gasteiger partial charge in [-0.3, -0.25) is 9.97 Å². The average molecular weight is 664 g/mol. The van der Waals surface area contributed by atoms with Gasteiger partial charge in [-0.05, 0) is 74.8 Å². The Morgan fingerprint density at radius 1 is 0.269 bits per heavy atom. The highest BCUT2D eigenvalue weighted by atomic mass is 15.0. The average Bonchev–Trinajstić information content (AvgIpc) is 3.22. The molecule has 10 aromatic rings. The molecule has 0 aliphatic rings. The SMILES string of the molecule is c1ccc2cc(-c3nc(-c4cc(-c5nccc6ccccc56)cc(-c5nccc6ccccc56)c4)nc(-c4ccc5ccccc5c4)n3)ccc2c1. The predicted octanol–water partition coefficient (Wildman–Crippen LogP) is 11.6. The first-order valence-electron chi connectivity index (χ1n) is 17.3. The van der Waals surface area contributed by atoms with Gasteiger partial charge < -0.3 is 0 Å². The molecule has 0 bridgehead atoms. The fourth-order valence-corrected chi connectivity index (χ4v) is 7.15. The van der Waals surface area contributed by atoms with Gasteiger partial charge in [0.15, 0.2) is 17.5 Å². The number of benzene rings is 7. The van der Waals surface area contributed by atoms with Gasteiger partial charge in [0.2, 0.25) is 0 Å². The topological polar surface area (TPSA) is 64.5 Å². The lowest BCUT2D eigenvalue weighted by atomic mass is 9.96. The molecular formula is C47H29N5. The predicted molar refractivity (Wildman–Crippen MR) is 213 cm³/mol. The van der Waals surface area contributed by atoms with Gasteiger partial charge in [-0.15, -0.1) is 0 Å². The first-order valence-corrected chi connectivity index (χ1v) is 17.3. The van der Waals surface area contributed by atoms with Crippen LogP contribution in [0.15, 0.2) is 176 Å². The van der Waals surface area contributed by atoms with E-state index in [0.717, 1.165) is 82.3 Å². The van der Waals surface area contributed by atoms with Crippen LogP contribution in [0.2, 0.25) is 0 Å². The summed E-state index contributed by atoms with van der Waals surface area (Å²) in [7, 11) is 0. The van der Waals surface area contributed by atoms with Crippen molar-refractivity contribution in [1.29, 1.82) is 0 Å². The fourth-order valence-electron chi connectivity index (χ4n) is 7.15. The summed E-state index contributed by atoms with van der Waals surface area (Å²) < 4.78 is 0. The van der Waals surface area contributed by atoms with Gasteiger partial charge in [0.05, 0.1) is 11.4 Å². The van der Waals surface area contributed by atoms with Crippen molar-refractivity contribution < 1.29 is 0 Å². The summed E-state index contributed by atoms with van der Waals surface area (Å²) in [4.78, 5) is 25.4. The molecule has 0 unspecified atom stereocenters. The molecule has 3 heterocycles. The Hall–Kier alpha value is -7.11. The number of hydrogen-bond acceptors (Lipinski definition) is 5. The Balaban J connectivity index is 1.24. The number of pyridine rings is 2. The van der Waals surface area contributed by atoms with Gasteiger partial charge in [0.1, 0.15) is 0 Å². The maximum absolute atomic E-state index is 5.20. The Kier molecular flexibility index (Phi) is 7.07. The molecule has 10 rings (SSSR count). The molecule has 7 aromatic carbocycles. The summed E-state index contributed by atoms with van der Waals surface area (Å²) in [5, 5.41) is 8.98. The third kappa shape index (κ3) is 5.32. The van der Waals surface area contributed by atoms with Gasteiger partial charge in [0.25, 0.3) is 0 Å². The largest absolute Gasteiger partial charge is 0.256 e. The smallest absolute Gasteiger partial charge is 0.164 e. The van der Waals surface area contributed by atoms with Crippen molar-refractivity contribution in [1.82, 2.24) is 24.9 Å². The molecule has 0 saturated heterocycles. The second kappa shape index (κ2) is 12.3. The van der Waals surface area contributed by atoms with Crippen LogP contribution >= 0.6 is 0 Å². The van der Waals surface area contributed by atoms with Crippen LogP contribution in [0.1, 0.15) is 0 Å². The van der Waals surface area contributed by atoms with Gasteiger partial charge in [0, 0.05) is 51.0 Å². The minimum atomic E-state index is 0.574. The lowest BCUT2D eigenvalue weighted by molar-refractivity contribution is 1.07. The maximum Gasteiger partial charge on any atom is 0.164 e. The van der Waals surface area contributed by atoms with Crippen molar-refractivity contribution >= 4 is 43.1 Å². The molecule has 5 heteroatoms. The highest BCUT2D eigenvalue weighted by molar-refractivity contribution is 5.99. The van der Waals surface area contributed by atoms with E-state index < -0.39 is 0 Å². The van der Waals surface area contributed by atoms with Crippen molar-refractivity contribution in [3.05, 3.63) is 176 Å². The molecule has 0 saturated carbocycles. The van der Waals surface area contributed by atoms with Crippen LogP contribution in [0, 0.1) is 0 Å². The van der Waals surface area contributed by atoms with Gasteiger partial charge in [-0.1, -0.05) is 121 Å². The third-order valence-electron chi connectivity index (χ3n) is 9.74. The number of rotatable bonds is 5. The zero-order chi connectivity index (χ0) is 34.4. The first kappa shape index (κ1) is 29.8. The number of nitrogens with zero attached hydrogens (tertiary/aromatic N) is 5. The fraction of sp³-hybridized carbons (Fsp3) is 0. The molecule has 5 nitrogen and oxygen atoms in total. The van der Waals surface area contributed by atoms with Gasteiger partial charge in [-0.25, -0.2) is 15.0 Å². The van der Waals surface area contributed by atoms with E-state index in [9.17, 15) is 0 Å². The quantitative estimate of drug-likeness (QED) is 0.183.